The molecule has 0 aromatic heterocycles. The van der Waals surface area contributed by atoms with Crippen LogP contribution >= 0.6 is 0 Å². The van der Waals surface area contributed by atoms with E-state index in [0.717, 1.165) is 17.5 Å². The summed E-state index contributed by atoms with van der Waals surface area (Å²) in [6.45, 7) is 0. The molecule has 0 heterocycles. The summed E-state index contributed by atoms with van der Waals surface area (Å²) in [5.74, 6) is -2.41. The molecule has 2 aromatic carbocycles. The molecule has 0 bridgehead atoms. The monoisotopic (exact) mass is 396 g/mol. The first-order valence-electron chi connectivity index (χ1n) is 9.81. The third kappa shape index (κ3) is 7.78. The van der Waals surface area contributed by atoms with Crippen LogP contribution in [0.3, 0.4) is 0 Å². The van der Waals surface area contributed by atoms with Crippen LogP contribution in [0.1, 0.15) is 30.4 Å². The highest BCUT2D eigenvalue weighted by molar-refractivity contribution is 5.89. The van der Waals surface area contributed by atoms with E-state index < -0.39 is 23.8 Å². The standard InChI is InChI=1S/C23H28N2O4/c1-24-23(29)20(15-18-11-6-3-7-12-18)25-22(28)19(16-21(26)27)14-8-13-17-9-4-2-5-10-17/h2-7,9-12,19-20H,8,13-16H2,1H3,(H,24,29)(H,25,28)(H,26,27)/t19-,20+/m1/s1. The molecule has 0 fully saturated rings. The van der Waals surface area contributed by atoms with Crippen LogP contribution in [0.4, 0.5) is 0 Å². The van der Waals surface area contributed by atoms with Gasteiger partial charge in [0.1, 0.15) is 6.04 Å². The second-order valence-corrected chi connectivity index (χ2v) is 7.04. The number of likely N-dealkylation sites (N-methyl/N-ethyl adjacent to an activating group) is 1. The summed E-state index contributed by atoms with van der Waals surface area (Å²) in [6, 6.07) is 18.5. The SMILES string of the molecule is CNC(=O)[C@H](Cc1ccccc1)NC(=O)[C@H](CCCc1ccccc1)CC(=O)O. The van der Waals surface area contributed by atoms with Gasteiger partial charge in [-0.3, -0.25) is 14.4 Å². The first kappa shape index (κ1) is 22.1. The van der Waals surface area contributed by atoms with Crippen LogP contribution < -0.4 is 10.6 Å². The molecule has 0 saturated carbocycles. The van der Waals surface area contributed by atoms with Gasteiger partial charge in [-0.25, -0.2) is 0 Å². The van der Waals surface area contributed by atoms with Crippen molar-refractivity contribution in [3.8, 4) is 0 Å². The number of carbonyl (C=O) groups is 3. The second kappa shape index (κ2) is 11.6. The first-order chi connectivity index (χ1) is 14.0. The topological polar surface area (TPSA) is 95.5 Å². The maximum Gasteiger partial charge on any atom is 0.304 e. The first-order valence-corrected chi connectivity index (χ1v) is 9.81. The zero-order chi connectivity index (χ0) is 21.1. The molecule has 154 valence electrons. The average Bonchev–Trinajstić information content (AvgIpc) is 2.73. The largest absolute Gasteiger partial charge is 0.481 e. The molecule has 0 aliphatic heterocycles. The Morgan fingerprint density at radius 3 is 2.03 bits per heavy atom. The lowest BCUT2D eigenvalue weighted by molar-refractivity contribution is -0.141. The Bertz CT molecular complexity index is 793. The van der Waals surface area contributed by atoms with E-state index in [1.165, 1.54) is 7.05 Å². The molecule has 6 heteroatoms. The van der Waals surface area contributed by atoms with Gasteiger partial charge in [-0.05, 0) is 30.4 Å². The Morgan fingerprint density at radius 1 is 0.897 bits per heavy atom. The highest BCUT2D eigenvalue weighted by Gasteiger charge is 2.26. The number of benzene rings is 2. The van der Waals surface area contributed by atoms with Gasteiger partial charge in [-0.15, -0.1) is 0 Å². The molecule has 29 heavy (non-hydrogen) atoms. The van der Waals surface area contributed by atoms with Crippen molar-refractivity contribution in [2.24, 2.45) is 5.92 Å². The van der Waals surface area contributed by atoms with Crippen molar-refractivity contribution in [1.82, 2.24) is 10.6 Å². The number of nitrogens with one attached hydrogen (secondary N) is 2. The number of hydrogen-bond donors (Lipinski definition) is 3. The molecule has 2 aromatic rings. The van der Waals surface area contributed by atoms with Crippen molar-refractivity contribution in [3.63, 3.8) is 0 Å². The Hall–Kier alpha value is -3.15. The number of carboxylic acid groups (broad SMARTS) is 1. The minimum absolute atomic E-state index is 0.258. The molecule has 2 atom stereocenters. The van der Waals surface area contributed by atoms with Crippen LogP contribution in [-0.4, -0.2) is 36.0 Å². The molecule has 0 unspecified atom stereocenters. The molecule has 3 N–H and O–H groups in total. The lowest BCUT2D eigenvalue weighted by Gasteiger charge is -2.21. The van der Waals surface area contributed by atoms with Gasteiger partial charge in [0.15, 0.2) is 0 Å². The maximum atomic E-state index is 12.8. The summed E-state index contributed by atoms with van der Waals surface area (Å²) in [4.78, 5) is 36.3. The molecule has 0 saturated heterocycles. The summed E-state index contributed by atoms with van der Waals surface area (Å²) < 4.78 is 0. The second-order valence-electron chi connectivity index (χ2n) is 7.04. The number of rotatable bonds is 11. The van der Waals surface area contributed by atoms with Crippen molar-refractivity contribution < 1.29 is 19.5 Å². The van der Waals surface area contributed by atoms with Crippen molar-refractivity contribution in [2.45, 2.75) is 38.1 Å². The predicted octanol–water partition coefficient (Wildman–Crippen LogP) is 2.57. The minimum Gasteiger partial charge on any atom is -0.481 e. The van der Waals surface area contributed by atoms with E-state index >= 15 is 0 Å². The fourth-order valence-corrected chi connectivity index (χ4v) is 3.26. The van der Waals surface area contributed by atoms with Gasteiger partial charge >= 0.3 is 5.97 Å². The van der Waals surface area contributed by atoms with Crippen molar-refractivity contribution in [3.05, 3.63) is 71.8 Å². The normalized spacial score (nSPS) is 12.6. The molecule has 6 nitrogen and oxygen atoms in total. The predicted molar refractivity (Wildman–Crippen MR) is 111 cm³/mol. The Kier molecular flexibility index (Phi) is 8.89. The lowest BCUT2D eigenvalue weighted by Crippen LogP contribution is -2.49. The van der Waals surface area contributed by atoms with Crippen molar-refractivity contribution >= 4 is 17.8 Å². The van der Waals surface area contributed by atoms with Crippen LogP contribution in [-0.2, 0) is 27.2 Å². The molecular formula is C23H28N2O4. The third-order valence-corrected chi connectivity index (χ3v) is 4.81. The van der Waals surface area contributed by atoms with Gasteiger partial charge in [0.05, 0.1) is 6.42 Å². The van der Waals surface area contributed by atoms with Crippen LogP contribution in [0, 0.1) is 5.92 Å². The van der Waals surface area contributed by atoms with E-state index in [-0.39, 0.29) is 12.3 Å². The van der Waals surface area contributed by atoms with Crippen LogP contribution in [0.2, 0.25) is 0 Å². The summed E-state index contributed by atoms with van der Waals surface area (Å²) >= 11 is 0. The average molecular weight is 396 g/mol. The summed E-state index contributed by atoms with van der Waals surface area (Å²) in [5, 5.41) is 14.5. The van der Waals surface area contributed by atoms with E-state index in [4.69, 9.17) is 0 Å². The molecule has 0 radical (unpaired) electrons. The van der Waals surface area contributed by atoms with Crippen LogP contribution in [0.5, 0.6) is 0 Å². The highest BCUT2D eigenvalue weighted by atomic mass is 16.4. The molecule has 2 amide bonds. The zero-order valence-corrected chi connectivity index (χ0v) is 16.6. The molecule has 0 aliphatic carbocycles. The fourth-order valence-electron chi connectivity index (χ4n) is 3.26. The minimum atomic E-state index is -1.02. The van der Waals surface area contributed by atoms with E-state index in [1.807, 2.05) is 60.7 Å². The summed E-state index contributed by atoms with van der Waals surface area (Å²) in [5.41, 5.74) is 2.06. The van der Waals surface area contributed by atoms with E-state index in [9.17, 15) is 19.5 Å². The van der Waals surface area contributed by atoms with Gasteiger partial charge in [0.2, 0.25) is 11.8 Å². The summed E-state index contributed by atoms with van der Waals surface area (Å²) in [7, 11) is 1.51. The molecule has 0 aliphatic rings. The van der Waals surface area contributed by atoms with Gasteiger partial charge in [0.25, 0.3) is 0 Å². The lowest BCUT2D eigenvalue weighted by atomic mass is 9.95. The Morgan fingerprint density at radius 2 is 1.48 bits per heavy atom. The molecule has 0 spiro atoms. The number of carbonyl (C=O) groups excluding carboxylic acids is 2. The quantitative estimate of drug-likeness (QED) is 0.544. The van der Waals surface area contributed by atoms with Gasteiger partial charge < -0.3 is 15.7 Å². The van der Waals surface area contributed by atoms with Crippen LogP contribution in [0.25, 0.3) is 0 Å². The van der Waals surface area contributed by atoms with Crippen molar-refractivity contribution in [1.29, 1.82) is 0 Å². The van der Waals surface area contributed by atoms with Gasteiger partial charge in [0, 0.05) is 19.4 Å². The van der Waals surface area contributed by atoms with E-state index in [2.05, 4.69) is 10.6 Å². The number of aliphatic carboxylic acids is 1. The third-order valence-electron chi connectivity index (χ3n) is 4.81. The zero-order valence-electron chi connectivity index (χ0n) is 16.6. The van der Waals surface area contributed by atoms with Gasteiger partial charge in [-0.1, -0.05) is 60.7 Å². The van der Waals surface area contributed by atoms with Crippen LogP contribution in [0.15, 0.2) is 60.7 Å². The number of carboxylic acids is 1. The maximum absolute atomic E-state index is 12.8. The van der Waals surface area contributed by atoms with E-state index in [0.29, 0.717) is 19.3 Å². The Balaban J connectivity index is 2.00. The molecular weight excluding hydrogens is 368 g/mol. The number of aryl methyl sites for hydroxylation is 1. The summed E-state index contributed by atoms with van der Waals surface area (Å²) in [6.07, 6.45) is 1.99. The smallest absolute Gasteiger partial charge is 0.304 e. The fraction of sp³-hybridized carbons (Fsp3) is 0.348. The van der Waals surface area contributed by atoms with Crippen molar-refractivity contribution in [2.75, 3.05) is 7.05 Å². The number of hydrogen-bond acceptors (Lipinski definition) is 3. The number of amides is 2. The van der Waals surface area contributed by atoms with Gasteiger partial charge in [-0.2, -0.15) is 0 Å². The molecule has 2 rings (SSSR count). The van der Waals surface area contributed by atoms with E-state index in [1.54, 1.807) is 0 Å². The Labute approximate surface area is 171 Å². The highest BCUT2D eigenvalue weighted by Crippen LogP contribution is 2.16.